The normalized spacial score (nSPS) is 13.8. The van der Waals surface area contributed by atoms with Crippen LogP contribution < -0.4 is 15.0 Å². The number of hydrogen-bond acceptors (Lipinski definition) is 7. The van der Waals surface area contributed by atoms with Gasteiger partial charge in [0.15, 0.2) is 0 Å². The smallest absolute Gasteiger partial charge is 0.341 e. The second-order valence-corrected chi connectivity index (χ2v) is 7.16. The summed E-state index contributed by atoms with van der Waals surface area (Å²) in [6, 6.07) is 6.80. The number of ether oxygens (including phenoxy) is 3. The molecular weight excluding hydrogens is 420 g/mol. The summed E-state index contributed by atoms with van der Waals surface area (Å²) in [6.45, 7) is 4.36. The lowest BCUT2D eigenvalue weighted by Crippen LogP contribution is -2.36. The molecule has 0 spiro atoms. The minimum atomic E-state index is -0.785. The maximum absolute atomic E-state index is 14.4. The van der Waals surface area contributed by atoms with Gasteiger partial charge >= 0.3 is 5.97 Å². The molecule has 9 heteroatoms. The summed E-state index contributed by atoms with van der Waals surface area (Å²) in [6.07, 6.45) is 1.37. The van der Waals surface area contributed by atoms with Crippen LogP contribution >= 0.6 is 0 Å². The van der Waals surface area contributed by atoms with Gasteiger partial charge < -0.3 is 24.4 Å². The number of methoxy groups -OCH3 is 1. The summed E-state index contributed by atoms with van der Waals surface area (Å²) in [4.78, 5) is 19.2. The average molecular weight is 443 g/mol. The standard InChI is InChI=1S/C23H23F2N3O4/c1-3-32-23(29)16-13-26-19-12-21(30-2)20(28-6-8-31-9-7-28)11-15(19)22(16)27-18-5-4-14(24)10-17(18)25/h4-5,10-13H,3,6-9H2,1-2H3,(H,26,27). The van der Waals surface area contributed by atoms with Crippen LogP contribution in [0.3, 0.4) is 0 Å². The third kappa shape index (κ3) is 4.29. The molecule has 1 fully saturated rings. The van der Waals surface area contributed by atoms with E-state index in [2.05, 4.69) is 15.2 Å². The Morgan fingerprint density at radius 3 is 2.69 bits per heavy atom. The van der Waals surface area contributed by atoms with Crippen molar-refractivity contribution >= 4 is 33.9 Å². The number of anilines is 3. The lowest BCUT2D eigenvalue weighted by Gasteiger charge is -2.30. The molecular formula is C23H23F2N3O4. The van der Waals surface area contributed by atoms with Crippen LogP contribution in [-0.4, -0.2) is 51.0 Å². The molecule has 0 saturated carbocycles. The molecule has 2 heterocycles. The molecule has 0 atom stereocenters. The van der Waals surface area contributed by atoms with Gasteiger partial charge in [-0.1, -0.05) is 0 Å². The van der Waals surface area contributed by atoms with Crippen LogP contribution in [0.1, 0.15) is 17.3 Å². The van der Waals surface area contributed by atoms with Crippen molar-refractivity contribution < 1.29 is 27.8 Å². The van der Waals surface area contributed by atoms with E-state index in [4.69, 9.17) is 14.2 Å². The van der Waals surface area contributed by atoms with Gasteiger partial charge in [0, 0.05) is 36.8 Å². The maximum atomic E-state index is 14.4. The number of nitrogens with one attached hydrogen (secondary N) is 1. The molecule has 0 bridgehead atoms. The van der Waals surface area contributed by atoms with E-state index in [0.717, 1.165) is 17.8 Å². The van der Waals surface area contributed by atoms with Gasteiger partial charge in [0.05, 0.1) is 49.5 Å². The van der Waals surface area contributed by atoms with Gasteiger partial charge in [-0.2, -0.15) is 0 Å². The maximum Gasteiger partial charge on any atom is 0.341 e. The summed E-state index contributed by atoms with van der Waals surface area (Å²) in [5.41, 5.74) is 1.82. The first-order chi connectivity index (χ1) is 15.5. The van der Waals surface area contributed by atoms with Crippen molar-refractivity contribution in [2.45, 2.75) is 6.92 Å². The number of nitrogens with zero attached hydrogens (tertiary/aromatic N) is 2. The molecule has 168 valence electrons. The number of morpholine rings is 1. The number of hydrogen-bond donors (Lipinski definition) is 1. The molecule has 0 aliphatic carbocycles. The van der Waals surface area contributed by atoms with Gasteiger partial charge in [0.2, 0.25) is 0 Å². The van der Waals surface area contributed by atoms with Crippen LogP contribution in [0.5, 0.6) is 5.75 Å². The topological polar surface area (TPSA) is 72.9 Å². The molecule has 0 radical (unpaired) electrons. The molecule has 4 rings (SSSR count). The van der Waals surface area contributed by atoms with E-state index in [9.17, 15) is 13.6 Å². The summed E-state index contributed by atoms with van der Waals surface area (Å²) < 4.78 is 44.0. The Labute approximate surface area is 183 Å². The fourth-order valence-corrected chi connectivity index (χ4v) is 3.65. The van der Waals surface area contributed by atoms with Crippen molar-refractivity contribution in [1.29, 1.82) is 0 Å². The van der Waals surface area contributed by atoms with Gasteiger partial charge in [0.25, 0.3) is 0 Å². The first-order valence-electron chi connectivity index (χ1n) is 10.2. The molecule has 32 heavy (non-hydrogen) atoms. The largest absolute Gasteiger partial charge is 0.495 e. The van der Waals surface area contributed by atoms with Crippen LogP contribution in [-0.2, 0) is 9.47 Å². The Hall–Kier alpha value is -3.46. The second-order valence-electron chi connectivity index (χ2n) is 7.16. The van der Waals surface area contributed by atoms with Crippen molar-refractivity contribution in [3.8, 4) is 5.75 Å². The van der Waals surface area contributed by atoms with Crippen molar-refractivity contribution in [3.05, 3.63) is 53.7 Å². The number of benzene rings is 2. The zero-order valence-electron chi connectivity index (χ0n) is 17.8. The molecule has 1 N–H and O–H groups in total. The van der Waals surface area contributed by atoms with Gasteiger partial charge in [-0.15, -0.1) is 0 Å². The lowest BCUT2D eigenvalue weighted by atomic mass is 10.1. The van der Waals surface area contributed by atoms with Crippen LogP contribution in [0.15, 0.2) is 36.5 Å². The minimum Gasteiger partial charge on any atom is -0.495 e. The van der Waals surface area contributed by atoms with Crippen LogP contribution in [0, 0.1) is 11.6 Å². The Bertz CT molecular complexity index is 1150. The Morgan fingerprint density at radius 1 is 1.22 bits per heavy atom. The number of carbonyl (C=O) groups is 1. The Kier molecular flexibility index (Phi) is 6.36. The molecule has 1 aliphatic heterocycles. The third-order valence-corrected chi connectivity index (χ3v) is 5.21. The number of esters is 1. The predicted molar refractivity (Wildman–Crippen MR) is 117 cm³/mol. The third-order valence-electron chi connectivity index (χ3n) is 5.21. The van der Waals surface area contributed by atoms with E-state index in [1.807, 2.05) is 6.07 Å². The number of rotatable bonds is 6. The highest BCUT2D eigenvalue weighted by Gasteiger charge is 2.22. The number of pyridine rings is 1. The Balaban J connectivity index is 1.91. The Morgan fingerprint density at radius 2 is 2.00 bits per heavy atom. The molecule has 1 saturated heterocycles. The molecule has 1 aliphatic rings. The number of carbonyl (C=O) groups excluding carboxylic acids is 1. The molecule has 2 aromatic carbocycles. The van der Waals surface area contributed by atoms with Crippen LogP contribution in [0.4, 0.5) is 25.8 Å². The fraction of sp³-hybridized carbons (Fsp3) is 0.304. The van der Waals surface area contributed by atoms with Crippen molar-refractivity contribution in [2.75, 3.05) is 50.2 Å². The highest BCUT2D eigenvalue weighted by atomic mass is 19.1. The average Bonchev–Trinajstić information content (AvgIpc) is 2.80. The predicted octanol–water partition coefficient (Wildman–Crippen LogP) is 4.28. The SMILES string of the molecule is CCOC(=O)c1cnc2cc(OC)c(N3CCOCC3)cc2c1Nc1ccc(F)cc1F. The molecule has 7 nitrogen and oxygen atoms in total. The monoisotopic (exact) mass is 443 g/mol. The summed E-state index contributed by atoms with van der Waals surface area (Å²) in [5, 5.41) is 3.52. The fourth-order valence-electron chi connectivity index (χ4n) is 3.65. The molecule has 0 amide bonds. The van der Waals surface area contributed by atoms with Crippen LogP contribution in [0.2, 0.25) is 0 Å². The first-order valence-corrected chi connectivity index (χ1v) is 10.2. The van der Waals surface area contributed by atoms with E-state index < -0.39 is 17.6 Å². The number of fused-ring (bicyclic) bond motifs is 1. The van der Waals surface area contributed by atoms with E-state index in [-0.39, 0.29) is 17.9 Å². The minimum absolute atomic E-state index is 0.0215. The van der Waals surface area contributed by atoms with Gasteiger partial charge in [-0.05, 0) is 25.1 Å². The molecule has 0 unspecified atom stereocenters. The van der Waals surface area contributed by atoms with E-state index in [1.54, 1.807) is 20.1 Å². The van der Waals surface area contributed by atoms with Crippen molar-refractivity contribution in [3.63, 3.8) is 0 Å². The van der Waals surface area contributed by atoms with E-state index >= 15 is 0 Å². The van der Waals surface area contributed by atoms with Gasteiger partial charge in [-0.25, -0.2) is 13.6 Å². The van der Waals surface area contributed by atoms with Gasteiger partial charge in [0.1, 0.15) is 22.9 Å². The second kappa shape index (κ2) is 9.35. The quantitative estimate of drug-likeness (QED) is 0.570. The number of halogens is 2. The first kappa shape index (κ1) is 21.8. The zero-order chi connectivity index (χ0) is 22.7. The highest BCUT2D eigenvalue weighted by Crippen LogP contribution is 2.38. The lowest BCUT2D eigenvalue weighted by molar-refractivity contribution is 0.0527. The summed E-state index contributed by atoms with van der Waals surface area (Å²) in [5.74, 6) is -1.46. The molecule has 3 aromatic rings. The molecule has 1 aromatic heterocycles. The zero-order valence-corrected chi connectivity index (χ0v) is 17.8. The van der Waals surface area contributed by atoms with Crippen molar-refractivity contribution in [2.24, 2.45) is 0 Å². The van der Waals surface area contributed by atoms with E-state index in [1.165, 1.54) is 12.3 Å². The van der Waals surface area contributed by atoms with Crippen molar-refractivity contribution in [1.82, 2.24) is 4.98 Å². The summed E-state index contributed by atoms with van der Waals surface area (Å²) >= 11 is 0. The number of aromatic nitrogens is 1. The van der Waals surface area contributed by atoms with Crippen LogP contribution in [0.25, 0.3) is 10.9 Å². The van der Waals surface area contributed by atoms with E-state index in [0.29, 0.717) is 48.6 Å². The van der Waals surface area contributed by atoms with Gasteiger partial charge in [-0.3, -0.25) is 4.98 Å². The summed E-state index contributed by atoms with van der Waals surface area (Å²) in [7, 11) is 1.57. The highest BCUT2D eigenvalue weighted by molar-refractivity contribution is 6.07.